The number of nitrogens with one attached hydrogen (secondary N) is 4. The average molecular weight is 485 g/mol. The molecule has 0 aliphatic rings. The summed E-state index contributed by atoms with van der Waals surface area (Å²) < 4.78 is 0. The van der Waals surface area contributed by atoms with E-state index in [2.05, 4.69) is 22.5 Å². The molecule has 0 bridgehead atoms. The predicted molar refractivity (Wildman–Crippen MR) is 152 cm³/mol. The van der Waals surface area contributed by atoms with Crippen molar-refractivity contribution < 1.29 is 5.11 Å². The van der Waals surface area contributed by atoms with Crippen molar-refractivity contribution in [3.63, 3.8) is 0 Å². The highest BCUT2D eigenvalue weighted by atomic mass is 16.3. The van der Waals surface area contributed by atoms with E-state index in [0.717, 1.165) is 35.9 Å². The molecule has 0 fully saturated rings. The Morgan fingerprint density at radius 3 is 1.83 bits per heavy atom. The Hall–Kier alpha value is -2.17. The number of rotatable bonds is 21. The minimum absolute atomic E-state index is 0.287. The number of H-pyrrole nitrogens is 1. The number of phenolic OH excluding ortho intramolecular Hbond substituents is 1. The molecule has 0 saturated heterocycles. The molecule has 0 amide bonds. The molecule has 1 aromatic heterocycles. The van der Waals surface area contributed by atoms with Crippen LogP contribution in [-0.2, 0) is 6.42 Å². The lowest BCUT2D eigenvalue weighted by molar-refractivity contribution is 0.476. The van der Waals surface area contributed by atoms with Gasteiger partial charge in [-0.1, -0.05) is 110 Å². The van der Waals surface area contributed by atoms with Crippen molar-refractivity contribution in [1.82, 2.24) is 15.6 Å². The van der Waals surface area contributed by atoms with Gasteiger partial charge in [-0.25, -0.2) is 0 Å². The van der Waals surface area contributed by atoms with Crippen molar-refractivity contribution >= 4 is 16.9 Å². The van der Waals surface area contributed by atoms with Crippen LogP contribution in [0.5, 0.6) is 5.75 Å². The third-order valence-electron chi connectivity index (χ3n) is 7.03. The number of phenols is 1. The molecule has 2 rings (SSSR count). The average Bonchev–Trinajstić information content (AvgIpc) is 3.25. The monoisotopic (exact) mass is 484 g/mol. The summed E-state index contributed by atoms with van der Waals surface area (Å²) in [4.78, 5) is 3.23. The summed E-state index contributed by atoms with van der Waals surface area (Å²) >= 11 is 0. The molecule has 0 radical (unpaired) electrons. The zero-order chi connectivity index (χ0) is 25.0. The fraction of sp³-hybridized carbons (Fsp3) is 0.700. The zero-order valence-electron chi connectivity index (χ0n) is 22.4. The minimum atomic E-state index is 0.287. The lowest BCUT2D eigenvalue weighted by Gasteiger charge is -2.10. The van der Waals surface area contributed by atoms with Crippen LogP contribution < -0.4 is 10.6 Å². The number of unbranched alkanes of at least 4 members (excludes halogenated alkanes) is 16. The third kappa shape index (κ3) is 13.5. The molecule has 1 heterocycles. The molecule has 0 spiro atoms. The molecule has 35 heavy (non-hydrogen) atoms. The van der Waals surface area contributed by atoms with Gasteiger partial charge in [0.2, 0.25) is 0 Å². The van der Waals surface area contributed by atoms with Gasteiger partial charge in [-0.2, -0.15) is 0 Å². The number of hydrogen-bond acceptors (Lipinski definition) is 2. The first-order chi connectivity index (χ1) is 17.2. The standard InChI is InChI=1S/C30H52N4O/c1-2-3-4-5-6-7-8-9-10-11-12-13-14-15-16-17-18-22-32-30(31)33-23-21-26-25-34-29-20-19-27(35)24-28(26)29/h19-20,24-25,34-35H,2-18,21-23H2,1H3,(H3,31,32,33). The van der Waals surface area contributed by atoms with Gasteiger partial charge in [0.05, 0.1) is 0 Å². The second kappa shape index (κ2) is 19.1. The summed E-state index contributed by atoms with van der Waals surface area (Å²) in [5.74, 6) is 0.694. The van der Waals surface area contributed by atoms with E-state index in [1.807, 2.05) is 12.3 Å². The van der Waals surface area contributed by atoms with E-state index < -0.39 is 0 Å². The molecule has 0 atom stereocenters. The maximum atomic E-state index is 9.69. The molecule has 0 aliphatic heterocycles. The van der Waals surface area contributed by atoms with Crippen molar-refractivity contribution in [2.45, 2.75) is 122 Å². The van der Waals surface area contributed by atoms with Gasteiger partial charge in [-0.05, 0) is 36.6 Å². The summed E-state index contributed by atoms with van der Waals surface area (Å²) in [6.07, 6.45) is 26.4. The van der Waals surface area contributed by atoms with Gasteiger partial charge in [0.25, 0.3) is 0 Å². The fourth-order valence-electron chi connectivity index (χ4n) is 4.82. The molecule has 0 unspecified atom stereocenters. The van der Waals surface area contributed by atoms with Gasteiger partial charge in [0.15, 0.2) is 5.96 Å². The van der Waals surface area contributed by atoms with Gasteiger partial charge < -0.3 is 20.7 Å². The van der Waals surface area contributed by atoms with E-state index in [9.17, 15) is 5.11 Å². The van der Waals surface area contributed by atoms with Crippen LogP contribution in [0, 0.1) is 5.41 Å². The number of benzene rings is 1. The number of guanidine groups is 1. The van der Waals surface area contributed by atoms with Gasteiger partial charge in [0.1, 0.15) is 5.75 Å². The Bertz CT molecular complexity index is 801. The highest BCUT2D eigenvalue weighted by molar-refractivity contribution is 5.84. The van der Waals surface area contributed by atoms with E-state index in [4.69, 9.17) is 5.41 Å². The van der Waals surface area contributed by atoms with Crippen LogP contribution in [0.4, 0.5) is 0 Å². The predicted octanol–water partition coefficient (Wildman–Crippen LogP) is 8.18. The highest BCUT2D eigenvalue weighted by Crippen LogP contribution is 2.23. The van der Waals surface area contributed by atoms with Crippen molar-refractivity contribution in [2.24, 2.45) is 0 Å². The van der Waals surface area contributed by atoms with E-state index in [1.165, 1.54) is 103 Å². The topological polar surface area (TPSA) is 83.9 Å². The third-order valence-corrected chi connectivity index (χ3v) is 7.03. The van der Waals surface area contributed by atoms with Crippen LogP contribution in [0.25, 0.3) is 10.9 Å². The molecule has 198 valence electrons. The van der Waals surface area contributed by atoms with Gasteiger partial charge >= 0.3 is 0 Å². The Kier molecular flexibility index (Phi) is 15.8. The largest absolute Gasteiger partial charge is 0.508 e. The molecular formula is C30H52N4O. The molecule has 1 aromatic carbocycles. The van der Waals surface area contributed by atoms with Crippen LogP contribution in [0.1, 0.15) is 122 Å². The maximum absolute atomic E-state index is 9.69. The Labute approximate surface area is 214 Å². The summed E-state index contributed by atoms with van der Waals surface area (Å²) in [5, 5.41) is 25.1. The molecular weight excluding hydrogens is 432 g/mol. The van der Waals surface area contributed by atoms with Crippen molar-refractivity contribution in [3.05, 3.63) is 30.0 Å². The maximum Gasteiger partial charge on any atom is 0.188 e. The van der Waals surface area contributed by atoms with Crippen LogP contribution in [-0.4, -0.2) is 29.1 Å². The van der Waals surface area contributed by atoms with E-state index >= 15 is 0 Å². The lowest BCUT2D eigenvalue weighted by atomic mass is 10.0. The van der Waals surface area contributed by atoms with E-state index in [-0.39, 0.29) is 5.75 Å². The minimum Gasteiger partial charge on any atom is -0.508 e. The zero-order valence-corrected chi connectivity index (χ0v) is 22.4. The summed E-state index contributed by atoms with van der Waals surface area (Å²) in [6.45, 7) is 3.86. The molecule has 5 nitrogen and oxygen atoms in total. The molecule has 2 aromatic rings. The number of aromatic hydroxyl groups is 1. The van der Waals surface area contributed by atoms with Gasteiger partial charge in [-0.15, -0.1) is 0 Å². The SMILES string of the molecule is CCCCCCCCCCCCCCCCCCCNC(=N)NCCc1c[nH]c2ccc(O)cc12. The van der Waals surface area contributed by atoms with E-state index in [1.54, 1.807) is 12.1 Å². The first-order valence-corrected chi connectivity index (χ1v) is 14.6. The van der Waals surface area contributed by atoms with Crippen LogP contribution >= 0.6 is 0 Å². The van der Waals surface area contributed by atoms with E-state index in [0.29, 0.717) is 12.5 Å². The first-order valence-electron chi connectivity index (χ1n) is 14.6. The van der Waals surface area contributed by atoms with Gasteiger partial charge in [-0.3, -0.25) is 5.41 Å². The van der Waals surface area contributed by atoms with Crippen molar-refractivity contribution in [3.8, 4) is 5.75 Å². The van der Waals surface area contributed by atoms with Crippen molar-refractivity contribution in [1.29, 1.82) is 5.41 Å². The molecule has 0 aliphatic carbocycles. The normalized spacial score (nSPS) is 11.2. The fourth-order valence-corrected chi connectivity index (χ4v) is 4.82. The first kappa shape index (κ1) is 29.1. The summed E-state index contributed by atoms with van der Waals surface area (Å²) in [7, 11) is 0. The molecule has 0 saturated carbocycles. The number of hydrogen-bond donors (Lipinski definition) is 5. The Morgan fingerprint density at radius 2 is 1.26 bits per heavy atom. The summed E-state index contributed by atoms with van der Waals surface area (Å²) in [5.41, 5.74) is 2.19. The second-order valence-electron chi connectivity index (χ2n) is 10.2. The summed E-state index contributed by atoms with van der Waals surface area (Å²) in [6, 6.07) is 5.38. The smallest absolute Gasteiger partial charge is 0.188 e. The van der Waals surface area contributed by atoms with Crippen LogP contribution in [0.2, 0.25) is 0 Å². The Balaban J connectivity index is 1.32. The Morgan fingerprint density at radius 1 is 0.743 bits per heavy atom. The number of fused-ring (bicyclic) bond motifs is 1. The number of aromatic nitrogens is 1. The highest BCUT2D eigenvalue weighted by Gasteiger charge is 2.05. The lowest BCUT2D eigenvalue weighted by Crippen LogP contribution is -2.37. The number of aromatic amines is 1. The quantitative estimate of drug-likeness (QED) is 0.0703. The molecule has 5 heteroatoms. The second-order valence-corrected chi connectivity index (χ2v) is 10.2. The molecule has 5 N–H and O–H groups in total. The van der Waals surface area contributed by atoms with Crippen LogP contribution in [0.15, 0.2) is 24.4 Å². The van der Waals surface area contributed by atoms with Gasteiger partial charge in [0, 0.05) is 30.2 Å². The van der Waals surface area contributed by atoms with Crippen molar-refractivity contribution in [2.75, 3.05) is 13.1 Å². The van der Waals surface area contributed by atoms with Crippen LogP contribution in [0.3, 0.4) is 0 Å².